The van der Waals surface area contributed by atoms with Crippen molar-refractivity contribution in [3.05, 3.63) is 74.1 Å². The molecule has 162 valence electrons. The van der Waals surface area contributed by atoms with Gasteiger partial charge in [0.25, 0.3) is 6.08 Å². The predicted molar refractivity (Wildman–Crippen MR) is 115 cm³/mol. The summed E-state index contributed by atoms with van der Waals surface area (Å²) in [4.78, 5) is 27.8. The Bertz CT molecular complexity index is 1220. The summed E-state index contributed by atoms with van der Waals surface area (Å²) in [5, 5.41) is 5.80. The highest BCUT2D eigenvalue weighted by Gasteiger charge is 2.27. The molecule has 2 aromatic heterocycles. The number of hydrogen-bond donors (Lipinski definition) is 1. The summed E-state index contributed by atoms with van der Waals surface area (Å²) in [6, 6.07) is 7.88. The molecule has 3 heterocycles. The molecule has 1 aliphatic heterocycles. The lowest BCUT2D eigenvalue weighted by Gasteiger charge is -2.30. The van der Waals surface area contributed by atoms with Crippen LogP contribution in [-0.4, -0.2) is 26.8 Å². The lowest BCUT2D eigenvalue weighted by molar-refractivity contribution is -0.118. The van der Waals surface area contributed by atoms with E-state index in [1.165, 1.54) is 22.2 Å². The predicted octanol–water partition coefficient (Wildman–Crippen LogP) is 3.18. The third-order valence-electron chi connectivity index (χ3n) is 5.28. The largest absolute Gasteiger partial charge is 0.346 e. The molecule has 1 aliphatic rings. The number of fused-ring (bicyclic) bond motifs is 1. The monoisotopic (exact) mass is 445 g/mol. The zero-order valence-electron chi connectivity index (χ0n) is 16.8. The third kappa shape index (κ3) is 4.08. The maximum Gasteiger partial charge on any atom is 0.346 e. The van der Waals surface area contributed by atoms with Crippen molar-refractivity contribution in [2.45, 2.75) is 32.9 Å². The van der Waals surface area contributed by atoms with E-state index in [0.29, 0.717) is 6.42 Å². The van der Waals surface area contributed by atoms with Crippen molar-refractivity contribution in [3.8, 4) is 0 Å². The van der Waals surface area contributed by atoms with Crippen LogP contribution in [0.1, 0.15) is 22.4 Å². The molecule has 0 fully saturated rings. The van der Waals surface area contributed by atoms with Crippen LogP contribution in [-0.2, 0) is 24.3 Å². The first-order valence-corrected chi connectivity index (χ1v) is 10.6. The molecule has 0 saturated carbocycles. The summed E-state index contributed by atoms with van der Waals surface area (Å²) in [7, 11) is 0. The number of benzene rings is 1. The Labute approximate surface area is 181 Å². The zero-order chi connectivity index (χ0) is 22.1. The van der Waals surface area contributed by atoms with Gasteiger partial charge in [0.2, 0.25) is 5.91 Å². The van der Waals surface area contributed by atoms with Crippen molar-refractivity contribution in [3.63, 3.8) is 0 Å². The van der Waals surface area contributed by atoms with Crippen LogP contribution in [0.25, 0.3) is 0 Å². The van der Waals surface area contributed by atoms with Crippen LogP contribution < -0.4 is 16.3 Å². The summed E-state index contributed by atoms with van der Waals surface area (Å²) in [5.41, 5.74) is 8.32. The van der Waals surface area contributed by atoms with Crippen LogP contribution in [0.15, 0.2) is 52.4 Å². The lowest BCUT2D eigenvalue weighted by Crippen LogP contribution is -2.31. The summed E-state index contributed by atoms with van der Waals surface area (Å²) < 4.78 is 28.0. The highest BCUT2D eigenvalue weighted by Crippen LogP contribution is 2.38. The van der Waals surface area contributed by atoms with Gasteiger partial charge >= 0.3 is 5.69 Å². The Morgan fingerprint density at radius 3 is 2.81 bits per heavy atom. The fourth-order valence-corrected chi connectivity index (χ4v) is 4.55. The molecule has 0 atom stereocenters. The topological polar surface area (TPSA) is 86.2 Å². The number of aryl methyl sites for hydroxylation is 2. The molecule has 0 saturated heterocycles. The zero-order valence-corrected chi connectivity index (χ0v) is 17.7. The third-order valence-corrected chi connectivity index (χ3v) is 6.19. The Morgan fingerprint density at radius 1 is 1.26 bits per heavy atom. The maximum absolute atomic E-state index is 12.8. The maximum atomic E-state index is 12.8. The minimum atomic E-state index is -1.89. The van der Waals surface area contributed by atoms with Crippen molar-refractivity contribution in [2.75, 3.05) is 11.4 Å². The Morgan fingerprint density at radius 2 is 2.06 bits per heavy atom. The summed E-state index contributed by atoms with van der Waals surface area (Å²) in [6.45, 7) is 1.52. The van der Waals surface area contributed by atoms with Crippen LogP contribution in [0.2, 0.25) is 0 Å². The number of rotatable bonds is 6. The summed E-state index contributed by atoms with van der Waals surface area (Å²) in [6.07, 6.45) is 0.582. The van der Waals surface area contributed by atoms with E-state index >= 15 is 0 Å². The second kappa shape index (κ2) is 8.56. The minimum Gasteiger partial charge on any atom is -0.327 e. The average molecular weight is 445 g/mol. The number of amides is 1. The van der Waals surface area contributed by atoms with E-state index in [9.17, 15) is 18.4 Å². The SMILES string of the molecule is Cc1cccc2c1N(c1csc(Cn3cnn(CC(CN)=C(F)F)c3=O)c1)C(=O)CC2. The number of halogens is 2. The Hall–Kier alpha value is -3.11. The molecule has 1 aromatic carbocycles. The number of thiophene rings is 1. The Balaban J connectivity index is 1.59. The first-order chi connectivity index (χ1) is 14.9. The normalized spacial score (nSPS) is 13.4. The molecule has 3 aromatic rings. The quantitative estimate of drug-likeness (QED) is 0.632. The van der Waals surface area contributed by atoms with Gasteiger partial charge in [-0.2, -0.15) is 13.9 Å². The van der Waals surface area contributed by atoms with E-state index in [-0.39, 0.29) is 31.1 Å². The van der Waals surface area contributed by atoms with Crippen LogP contribution >= 0.6 is 11.3 Å². The van der Waals surface area contributed by atoms with Crippen LogP contribution in [0.4, 0.5) is 20.2 Å². The van der Waals surface area contributed by atoms with Crippen LogP contribution in [0.3, 0.4) is 0 Å². The molecule has 2 N–H and O–H groups in total. The van der Waals surface area contributed by atoms with Gasteiger partial charge in [0.15, 0.2) is 0 Å². The van der Waals surface area contributed by atoms with Crippen molar-refractivity contribution in [2.24, 2.45) is 5.73 Å². The van der Waals surface area contributed by atoms with E-state index in [1.54, 1.807) is 4.90 Å². The molecule has 0 unspecified atom stereocenters. The van der Waals surface area contributed by atoms with Gasteiger partial charge in [-0.3, -0.25) is 14.3 Å². The number of carbonyl (C=O) groups is 1. The molecule has 7 nitrogen and oxygen atoms in total. The van der Waals surface area contributed by atoms with Crippen molar-refractivity contribution >= 4 is 28.6 Å². The molecule has 4 rings (SSSR count). The van der Waals surface area contributed by atoms with E-state index in [2.05, 4.69) is 5.10 Å². The highest BCUT2D eigenvalue weighted by molar-refractivity contribution is 7.10. The van der Waals surface area contributed by atoms with Crippen molar-refractivity contribution in [1.29, 1.82) is 0 Å². The molecule has 31 heavy (non-hydrogen) atoms. The number of nitrogens with two attached hydrogens (primary N) is 1. The van der Waals surface area contributed by atoms with Gasteiger partial charge in [-0.05, 0) is 30.5 Å². The van der Waals surface area contributed by atoms with Gasteiger partial charge in [-0.25, -0.2) is 9.48 Å². The molecule has 0 bridgehead atoms. The van der Waals surface area contributed by atoms with Gasteiger partial charge in [0.05, 0.1) is 24.5 Å². The number of nitrogens with zero attached hydrogens (tertiary/aromatic N) is 4. The highest BCUT2D eigenvalue weighted by atomic mass is 32.1. The molecule has 0 spiro atoms. The van der Waals surface area contributed by atoms with E-state index in [0.717, 1.165) is 38.5 Å². The molecule has 0 radical (unpaired) electrons. The number of anilines is 2. The van der Waals surface area contributed by atoms with Gasteiger partial charge in [0.1, 0.15) is 6.33 Å². The van der Waals surface area contributed by atoms with Crippen LogP contribution in [0, 0.1) is 6.92 Å². The molecular weight excluding hydrogens is 424 g/mol. The van der Waals surface area contributed by atoms with E-state index < -0.39 is 11.8 Å². The molecule has 10 heteroatoms. The number of para-hydroxylation sites is 1. The van der Waals surface area contributed by atoms with Crippen LogP contribution in [0.5, 0.6) is 0 Å². The molecule has 0 aliphatic carbocycles. The number of carbonyl (C=O) groups excluding carboxylic acids is 1. The lowest BCUT2D eigenvalue weighted by atomic mass is 9.97. The second-order valence-electron chi connectivity index (χ2n) is 7.35. The standard InChI is InChI=1S/C21H21F2N5O2S/c1-13-3-2-4-14-5-6-18(29)28(19(13)14)16-7-17(31-11-16)10-26-12-25-27(21(26)30)9-15(8-24)20(22)23/h2-4,7,11-12H,5-6,8-10,24H2,1H3. The van der Waals surface area contributed by atoms with E-state index in [4.69, 9.17) is 5.73 Å². The molecule has 1 amide bonds. The minimum absolute atomic E-state index is 0.0329. The smallest absolute Gasteiger partial charge is 0.327 e. The van der Waals surface area contributed by atoms with Gasteiger partial charge in [0, 0.05) is 28.8 Å². The summed E-state index contributed by atoms with van der Waals surface area (Å²) >= 11 is 1.42. The molecular formula is C21H21F2N5O2S. The fraction of sp³-hybridized carbons (Fsp3) is 0.286. The average Bonchev–Trinajstić information content (AvgIpc) is 3.34. The van der Waals surface area contributed by atoms with Crippen molar-refractivity contribution < 1.29 is 13.6 Å². The second-order valence-corrected chi connectivity index (χ2v) is 8.35. The first kappa shape index (κ1) is 21.1. The first-order valence-electron chi connectivity index (χ1n) is 9.73. The van der Waals surface area contributed by atoms with Crippen molar-refractivity contribution in [1.82, 2.24) is 14.3 Å². The summed E-state index contributed by atoms with van der Waals surface area (Å²) in [5.74, 6) is 0.0329. The van der Waals surface area contributed by atoms with Gasteiger partial charge < -0.3 is 5.73 Å². The number of aromatic nitrogens is 3. The van der Waals surface area contributed by atoms with E-state index in [1.807, 2.05) is 36.6 Å². The fourth-order valence-electron chi connectivity index (χ4n) is 3.70. The Kier molecular flexibility index (Phi) is 5.84. The van der Waals surface area contributed by atoms with Gasteiger partial charge in [-0.1, -0.05) is 18.2 Å². The van der Waals surface area contributed by atoms with Gasteiger partial charge in [-0.15, -0.1) is 11.3 Å². The number of hydrogen-bond acceptors (Lipinski definition) is 5.